The van der Waals surface area contributed by atoms with E-state index in [1.807, 2.05) is 31.2 Å². The molecular weight excluding hydrogens is 431 g/mol. The van der Waals surface area contributed by atoms with E-state index in [4.69, 9.17) is 4.74 Å². The summed E-state index contributed by atoms with van der Waals surface area (Å²) in [6.45, 7) is 3.42. The molecule has 0 saturated carbocycles. The average molecular weight is 457 g/mol. The van der Waals surface area contributed by atoms with Crippen LogP contribution < -0.4 is 9.46 Å². The Hall–Kier alpha value is -3.39. The molecule has 3 aromatic rings. The SMILES string of the molecule is COc1ccc(C(C)N(C)C(=O)c2ccc(NS(=O)(=O)c3ccc(F)c(C)c3)cc2)cc1. The predicted octanol–water partition coefficient (Wildman–Crippen LogP) is 4.78. The highest BCUT2D eigenvalue weighted by atomic mass is 32.2. The summed E-state index contributed by atoms with van der Waals surface area (Å²) in [5.41, 5.74) is 1.92. The second kappa shape index (κ2) is 9.40. The molecule has 32 heavy (non-hydrogen) atoms. The van der Waals surface area contributed by atoms with Gasteiger partial charge in [-0.05, 0) is 79.6 Å². The highest BCUT2D eigenvalue weighted by Crippen LogP contribution is 2.24. The third kappa shape index (κ3) is 5.08. The summed E-state index contributed by atoms with van der Waals surface area (Å²) in [7, 11) is -0.571. The van der Waals surface area contributed by atoms with E-state index in [-0.39, 0.29) is 22.4 Å². The van der Waals surface area contributed by atoms with E-state index in [0.717, 1.165) is 17.4 Å². The number of carbonyl (C=O) groups is 1. The summed E-state index contributed by atoms with van der Waals surface area (Å²) in [6.07, 6.45) is 0. The maximum Gasteiger partial charge on any atom is 0.261 e. The number of hydrogen-bond donors (Lipinski definition) is 1. The average Bonchev–Trinajstić information content (AvgIpc) is 2.79. The van der Waals surface area contributed by atoms with Crippen LogP contribution >= 0.6 is 0 Å². The number of amides is 1. The van der Waals surface area contributed by atoms with E-state index in [0.29, 0.717) is 11.3 Å². The van der Waals surface area contributed by atoms with Crippen molar-refractivity contribution in [1.82, 2.24) is 4.90 Å². The Morgan fingerprint density at radius 3 is 2.22 bits per heavy atom. The largest absolute Gasteiger partial charge is 0.497 e. The van der Waals surface area contributed by atoms with Gasteiger partial charge >= 0.3 is 0 Å². The van der Waals surface area contributed by atoms with Gasteiger partial charge in [0.1, 0.15) is 11.6 Å². The lowest BCUT2D eigenvalue weighted by atomic mass is 10.1. The van der Waals surface area contributed by atoms with Gasteiger partial charge in [0.2, 0.25) is 0 Å². The van der Waals surface area contributed by atoms with Gasteiger partial charge in [0.25, 0.3) is 15.9 Å². The molecule has 0 saturated heterocycles. The normalized spacial score (nSPS) is 12.2. The Balaban J connectivity index is 1.72. The second-order valence-corrected chi connectivity index (χ2v) is 9.14. The molecule has 1 atom stereocenters. The van der Waals surface area contributed by atoms with Gasteiger partial charge in [-0.15, -0.1) is 0 Å². The van der Waals surface area contributed by atoms with Crippen LogP contribution in [-0.4, -0.2) is 33.4 Å². The maximum atomic E-state index is 13.4. The van der Waals surface area contributed by atoms with Crippen LogP contribution in [-0.2, 0) is 10.0 Å². The molecule has 0 aliphatic heterocycles. The van der Waals surface area contributed by atoms with Gasteiger partial charge in [0, 0.05) is 18.3 Å². The predicted molar refractivity (Wildman–Crippen MR) is 122 cm³/mol. The second-order valence-electron chi connectivity index (χ2n) is 7.46. The molecule has 0 fully saturated rings. The molecule has 3 rings (SSSR count). The van der Waals surface area contributed by atoms with Crippen LogP contribution in [0.3, 0.4) is 0 Å². The lowest BCUT2D eigenvalue weighted by Crippen LogP contribution is -2.29. The number of benzene rings is 3. The first-order chi connectivity index (χ1) is 15.1. The topological polar surface area (TPSA) is 75.7 Å². The zero-order valence-corrected chi connectivity index (χ0v) is 19.1. The molecule has 6 nitrogen and oxygen atoms in total. The first kappa shape index (κ1) is 23.3. The molecule has 8 heteroatoms. The highest BCUT2D eigenvalue weighted by molar-refractivity contribution is 7.92. The minimum Gasteiger partial charge on any atom is -0.497 e. The van der Waals surface area contributed by atoms with Crippen LogP contribution in [0.25, 0.3) is 0 Å². The summed E-state index contributed by atoms with van der Waals surface area (Å²) in [5, 5.41) is 0. The third-order valence-corrected chi connectivity index (χ3v) is 6.70. The van der Waals surface area contributed by atoms with Crippen molar-refractivity contribution < 1.29 is 22.3 Å². The number of anilines is 1. The number of methoxy groups -OCH3 is 1. The summed E-state index contributed by atoms with van der Waals surface area (Å²) < 4.78 is 46.2. The molecule has 0 aliphatic rings. The number of halogens is 1. The van der Waals surface area contributed by atoms with Crippen LogP contribution in [0.15, 0.2) is 71.6 Å². The molecule has 1 amide bonds. The quantitative estimate of drug-likeness (QED) is 0.555. The number of hydrogen-bond acceptors (Lipinski definition) is 4. The zero-order chi connectivity index (χ0) is 23.5. The number of ether oxygens (including phenoxy) is 1. The molecule has 0 bridgehead atoms. The van der Waals surface area contributed by atoms with Crippen LogP contribution in [0.5, 0.6) is 5.75 Å². The van der Waals surface area contributed by atoms with E-state index >= 15 is 0 Å². The van der Waals surface area contributed by atoms with Crippen molar-refractivity contribution in [2.24, 2.45) is 0 Å². The van der Waals surface area contributed by atoms with Crippen molar-refractivity contribution in [3.63, 3.8) is 0 Å². The summed E-state index contributed by atoms with van der Waals surface area (Å²) >= 11 is 0. The molecule has 0 spiro atoms. The van der Waals surface area contributed by atoms with Gasteiger partial charge in [0.05, 0.1) is 18.0 Å². The fraction of sp³-hybridized carbons (Fsp3) is 0.208. The van der Waals surface area contributed by atoms with Gasteiger partial charge in [-0.3, -0.25) is 9.52 Å². The number of nitrogens with one attached hydrogen (secondary N) is 1. The molecule has 3 aromatic carbocycles. The van der Waals surface area contributed by atoms with Crippen molar-refractivity contribution in [3.05, 3.63) is 89.2 Å². The Morgan fingerprint density at radius 1 is 1.03 bits per heavy atom. The van der Waals surface area contributed by atoms with Gasteiger partial charge in [-0.2, -0.15) is 0 Å². The molecule has 0 aromatic heterocycles. The molecule has 0 heterocycles. The van der Waals surface area contributed by atoms with E-state index in [2.05, 4.69) is 4.72 Å². The number of sulfonamides is 1. The summed E-state index contributed by atoms with van der Waals surface area (Å²) in [6, 6.07) is 17.1. The van der Waals surface area contributed by atoms with E-state index in [1.54, 1.807) is 31.2 Å². The van der Waals surface area contributed by atoms with Crippen LogP contribution in [0, 0.1) is 12.7 Å². The first-order valence-electron chi connectivity index (χ1n) is 9.92. The van der Waals surface area contributed by atoms with Crippen molar-refractivity contribution in [2.75, 3.05) is 18.9 Å². The van der Waals surface area contributed by atoms with Crippen molar-refractivity contribution in [2.45, 2.75) is 24.8 Å². The molecule has 0 radical (unpaired) electrons. The Bertz CT molecular complexity index is 1210. The molecule has 0 aliphatic carbocycles. The minimum atomic E-state index is -3.88. The van der Waals surface area contributed by atoms with Crippen molar-refractivity contribution in [1.29, 1.82) is 0 Å². The van der Waals surface area contributed by atoms with Crippen LogP contribution in [0.2, 0.25) is 0 Å². The smallest absolute Gasteiger partial charge is 0.261 e. The third-order valence-electron chi connectivity index (χ3n) is 5.32. The van der Waals surface area contributed by atoms with Gasteiger partial charge in [0.15, 0.2) is 0 Å². The lowest BCUT2D eigenvalue weighted by Gasteiger charge is -2.25. The monoisotopic (exact) mass is 456 g/mol. The number of aryl methyl sites for hydroxylation is 1. The molecule has 168 valence electrons. The van der Waals surface area contributed by atoms with Crippen molar-refractivity contribution in [3.8, 4) is 5.75 Å². The number of carbonyl (C=O) groups excluding carboxylic acids is 1. The first-order valence-corrected chi connectivity index (χ1v) is 11.4. The lowest BCUT2D eigenvalue weighted by molar-refractivity contribution is 0.0742. The van der Waals surface area contributed by atoms with E-state index in [9.17, 15) is 17.6 Å². The fourth-order valence-electron chi connectivity index (χ4n) is 3.16. The van der Waals surface area contributed by atoms with Crippen LogP contribution in [0.4, 0.5) is 10.1 Å². The zero-order valence-electron chi connectivity index (χ0n) is 18.3. The van der Waals surface area contributed by atoms with E-state index in [1.165, 1.54) is 31.2 Å². The standard InChI is InChI=1S/C24H25FN2O4S/c1-16-15-22(13-14-23(16)25)32(29,30)26-20-9-5-19(6-10-20)24(28)27(3)17(2)18-7-11-21(31-4)12-8-18/h5-15,17,26H,1-4H3. The molecule has 1 N–H and O–H groups in total. The highest BCUT2D eigenvalue weighted by Gasteiger charge is 2.20. The summed E-state index contributed by atoms with van der Waals surface area (Å²) in [5.74, 6) is 0.0699. The fourth-order valence-corrected chi connectivity index (χ4v) is 4.31. The number of nitrogens with zero attached hydrogens (tertiary/aromatic N) is 1. The maximum absolute atomic E-state index is 13.4. The Labute approximate surface area is 187 Å². The minimum absolute atomic E-state index is 0.0374. The van der Waals surface area contributed by atoms with Gasteiger partial charge in [-0.1, -0.05) is 12.1 Å². The van der Waals surface area contributed by atoms with Gasteiger partial charge < -0.3 is 9.64 Å². The Morgan fingerprint density at radius 2 is 1.66 bits per heavy atom. The Kier molecular flexibility index (Phi) is 6.84. The molecular formula is C24H25FN2O4S. The van der Waals surface area contributed by atoms with Gasteiger partial charge in [-0.25, -0.2) is 12.8 Å². The summed E-state index contributed by atoms with van der Waals surface area (Å²) in [4.78, 5) is 14.5. The molecule has 1 unspecified atom stereocenters. The van der Waals surface area contributed by atoms with E-state index < -0.39 is 15.8 Å². The van der Waals surface area contributed by atoms with Crippen LogP contribution in [0.1, 0.15) is 34.5 Å². The number of rotatable bonds is 7. The van der Waals surface area contributed by atoms with Crippen molar-refractivity contribution >= 4 is 21.6 Å².